The Bertz CT molecular complexity index is 487. The lowest BCUT2D eigenvalue weighted by Crippen LogP contribution is -2.57. The van der Waals surface area contributed by atoms with Gasteiger partial charge >= 0.3 is 23.9 Å². The molecule has 130 valence electrons. The second-order valence-electron chi connectivity index (χ2n) is 4.95. The highest BCUT2D eigenvalue weighted by Crippen LogP contribution is 2.35. The molecule has 1 aliphatic rings. The van der Waals surface area contributed by atoms with Crippen molar-refractivity contribution in [1.29, 1.82) is 0 Å². The molecule has 0 radical (unpaired) electrons. The van der Waals surface area contributed by atoms with Gasteiger partial charge in [-0.1, -0.05) is 0 Å². The van der Waals surface area contributed by atoms with Gasteiger partial charge in [0.25, 0.3) is 5.79 Å². The summed E-state index contributed by atoms with van der Waals surface area (Å²) in [6.07, 6.45) is -2.05. The van der Waals surface area contributed by atoms with Crippen LogP contribution in [-0.4, -0.2) is 55.1 Å². The first-order valence-corrected chi connectivity index (χ1v) is 6.98. The van der Waals surface area contributed by atoms with E-state index in [4.69, 9.17) is 23.7 Å². The standard InChI is InChI=1S/C14H20O9/c1-8(15)19-7-13(22-10(3)17)14(23-11(4)18)12(5-6-20-14)21-9(2)16/h12-13H,5-7H2,1-4H3. The summed E-state index contributed by atoms with van der Waals surface area (Å²) in [5, 5.41) is 0. The van der Waals surface area contributed by atoms with Gasteiger partial charge in [-0.3, -0.25) is 19.2 Å². The fourth-order valence-electron chi connectivity index (χ4n) is 2.27. The predicted octanol–water partition coefficient (Wildman–Crippen LogP) is 0.0926. The Morgan fingerprint density at radius 3 is 2.17 bits per heavy atom. The summed E-state index contributed by atoms with van der Waals surface area (Å²) in [6, 6.07) is 0. The molecule has 0 bridgehead atoms. The third-order valence-electron chi connectivity index (χ3n) is 2.96. The quantitative estimate of drug-likeness (QED) is 0.493. The lowest BCUT2D eigenvalue weighted by molar-refractivity contribution is -0.288. The van der Waals surface area contributed by atoms with E-state index in [2.05, 4.69) is 0 Å². The molecule has 1 rings (SSSR count). The van der Waals surface area contributed by atoms with E-state index in [1.165, 1.54) is 13.8 Å². The van der Waals surface area contributed by atoms with E-state index < -0.39 is 48.5 Å². The van der Waals surface area contributed by atoms with Gasteiger partial charge in [0, 0.05) is 34.1 Å². The van der Waals surface area contributed by atoms with Crippen LogP contribution in [0.5, 0.6) is 0 Å². The first-order chi connectivity index (χ1) is 10.7. The van der Waals surface area contributed by atoms with Gasteiger partial charge in [-0.2, -0.15) is 0 Å². The summed E-state index contributed by atoms with van der Waals surface area (Å²) in [5.41, 5.74) is 0. The summed E-state index contributed by atoms with van der Waals surface area (Å²) >= 11 is 0. The van der Waals surface area contributed by atoms with Crippen molar-refractivity contribution in [3.8, 4) is 0 Å². The number of ether oxygens (including phenoxy) is 5. The maximum absolute atomic E-state index is 11.5. The van der Waals surface area contributed by atoms with Gasteiger partial charge < -0.3 is 23.7 Å². The Morgan fingerprint density at radius 1 is 1.04 bits per heavy atom. The van der Waals surface area contributed by atoms with Gasteiger partial charge in [0.05, 0.1) is 6.61 Å². The summed E-state index contributed by atoms with van der Waals surface area (Å²) in [4.78, 5) is 45.1. The van der Waals surface area contributed by atoms with Crippen LogP contribution in [0, 0.1) is 0 Å². The highest BCUT2D eigenvalue weighted by molar-refractivity contribution is 5.69. The number of hydrogen-bond acceptors (Lipinski definition) is 9. The van der Waals surface area contributed by atoms with Crippen molar-refractivity contribution < 1.29 is 42.9 Å². The zero-order valence-electron chi connectivity index (χ0n) is 13.5. The summed E-state index contributed by atoms with van der Waals surface area (Å²) < 4.78 is 25.7. The molecular formula is C14H20O9. The zero-order chi connectivity index (χ0) is 17.6. The van der Waals surface area contributed by atoms with Crippen molar-refractivity contribution in [2.24, 2.45) is 0 Å². The summed E-state index contributed by atoms with van der Waals surface area (Å²) in [6.45, 7) is 4.30. The van der Waals surface area contributed by atoms with Crippen LogP contribution in [0.2, 0.25) is 0 Å². The highest BCUT2D eigenvalue weighted by Gasteiger charge is 2.58. The van der Waals surface area contributed by atoms with Crippen molar-refractivity contribution in [3.63, 3.8) is 0 Å². The molecule has 0 N–H and O–H groups in total. The predicted molar refractivity (Wildman–Crippen MR) is 72.8 cm³/mol. The van der Waals surface area contributed by atoms with Crippen molar-refractivity contribution in [1.82, 2.24) is 0 Å². The molecule has 9 heteroatoms. The van der Waals surface area contributed by atoms with Gasteiger partial charge in [-0.25, -0.2) is 0 Å². The van der Waals surface area contributed by atoms with Crippen LogP contribution in [0.4, 0.5) is 0 Å². The van der Waals surface area contributed by atoms with Gasteiger partial charge in [-0.05, 0) is 0 Å². The summed E-state index contributed by atoms with van der Waals surface area (Å²) in [7, 11) is 0. The fraction of sp³-hybridized carbons (Fsp3) is 0.714. The van der Waals surface area contributed by atoms with E-state index in [0.29, 0.717) is 0 Å². The first-order valence-electron chi connectivity index (χ1n) is 6.98. The van der Waals surface area contributed by atoms with Crippen LogP contribution in [0.1, 0.15) is 34.1 Å². The molecule has 3 unspecified atom stereocenters. The van der Waals surface area contributed by atoms with Crippen LogP contribution in [0.3, 0.4) is 0 Å². The van der Waals surface area contributed by atoms with Crippen LogP contribution in [0.25, 0.3) is 0 Å². The minimum absolute atomic E-state index is 0.100. The van der Waals surface area contributed by atoms with E-state index >= 15 is 0 Å². The second-order valence-corrected chi connectivity index (χ2v) is 4.95. The number of carbonyl (C=O) groups is 4. The Balaban J connectivity index is 3.15. The molecular weight excluding hydrogens is 312 g/mol. The smallest absolute Gasteiger partial charge is 0.305 e. The van der Waals surface area contributed by atoms with Crippen molar-refractivity contribution in [3.05, 3.63) is 0 Å². The fourth-order valence-corrected chi connectivity index (χ4v) is 2.27. The Morgan fingerprint density at radius 2 is 1.70 bits per heavy atom. The van der Waals surface area contributed by atoms with Gasteiger partial charge in [0.15, 0.2) is 6.10 Å². The highest BCUT2D eigenvalue weighted by atomic mass is 16.8. The van der Waals surface area contributed by atoms with Gasteiger partial charge in [0.1, 0.15) is 6.61 Å². The molecule has 0 saturated carbocycles. The van der Waals surface area contributed by atoms with Crippen LogP contribution in [0.15, 0.2) is 0 Å². The van der Waals surface area contributed by atoms with E-state index in [-0.39, 0.29) is 13.0 Å². The Kier molecular flexibility index (Phi) is 6.49. The van der Waals surface area contributed by atoms with Crippen molar-refractivity contribution in [2.45, 2.75) is 52.1 Å². The maximum atomic E-state index is 11.5. The minimum atomic E-state index is -1.86. The average Bonchev–Trinajstić information content (AvgIpc) is 2.76. The zero-order valence-corrected chi connectivity index (χ0v) is 13.5. The number of esters is 4. The van der Waals surface area contributed by atoms with Crippen molar-refractivity contribution >= 4 is 23.9 Å². The third kappa shape index (κ3) is 5.20. The molecule has 0 spiro atoms. The Hall–Kier alpha value is -2.16. The molecule has 1 aliphatic heterocycles. The number of rotatable bonds is 6. The van der Waals surface area contributed by atoms with Gasteiger partial charge in [-0.15, -0.1) is 0 Å². The molecule has 0 aromatic rings. The molecule has 3 atom stereocenters. The monoisotopic (exact) mass is 332 g/mol. The van der Waals surface area contributed by atoms with Crippen LogP contribution in [-0.2, 0) is 42.9 Å². The second kappa shape index (κ2) is 7.91. The lowest BCUT2D eigenvalue weighted by atomic mass is 10.0. The molecule has 1 fully saturated rings. The van der Waals surface area contributed by atoms with E-state index in [1.807, 2.05) is 0 Å². The normalized spacial score (nSPS) is 24.4. The first kappa shape index (κ1) is 18.9. The Labute approximate surface area is 133 Å². The molecule has 0 amide bonds. The SMILES string of the molecule is CC(=O)OCC(OC(C)=O)C1(OC(C)=O)OCCC1OC(C)=O. The largest absolute Gasteiger partial charge is 0.462 e. The maximum Gasteiger partial charge on any atom is 0.305 e. The summed E-state index contributed by atoms with van der Waals surface area (Å²) in [5.74, 6) is -4.54. The molecule has 0 aliphatic carbocycles. The minimum Gasteiger partial charge on any atom is -0.462 e. The number of hydrogen-bond donors (Lipinski definition) is 0. The van der Waals surface area contributed by atoms with Crippen LogP contribution >= 0.6 is 0 Å². The molecule has 1 heterocycles. The third-order valence-corrected chi connectivity index (χ3v) is 2.96. The molecule has 23 heavy (non-hydrogen) atoms. The molecule has 0 aromatic heterocycles. The molecule has 0 aromatic carbocycles. The van der Waals surface area contributed by atoms with Gasteiger partial charge in [0.2, 0.25) is 6.10 Å². The molecule has 9 nitrogen and oxygen atoms in total. The van der Waals surface area contributed by atoms with E-state index in [1.54, 1.807) is 0 Å². The van der Waals surface area contributed by atoms with Crippen LogP contribution < -0.4 is 0 Å². The molecule has 1 saturated heterocycles. The van der Waals surface area contributed by atoms with E-state index in [0.717, 1.165) is 13.8 Å². The number of carbonyl (C=O) groups excluding carboxylic acids is 4. The van der Waals surface area contributed by atoms with E-state index in [9.17, 15) is 19.2 Å². The topological polar surface area (TPSA) is 114 Å². The average molecular weight is 332 g/mol. The lowest BCUT2D eigenvalue weighted by Gasteiger charge is -2.37. The van der Waals surface area contributed by atoms with Crippen molar-refractivity contribution in [2.75, 3.05) is 13.2 Å².